The number of unbranched alkanes of at least 4 members (excludes halogenated alkanes) is 10. The van der Waals surface area contributed by atoms with Gasteiger partial charge in [-0.15, -0.1) is 0 Å². The molecule has 0 aromatic heterocycles. The van der Waals surface area contributed by atoms with Gasteiger partial charge in [0.1, 0.15) is 0 Å². The van der Waals surface area contributed by atoms with Crippen molar-refractivity contribution in [3.8, 4) is 0 Å². The minimum Gasteiger partial charge on any atom is -0.481 e. The van der Waals surface area contributed by atoms with Crippen molar-refractivity contribution in [3.63, 3.8) is 0 Å². The van der Waals surface area contributed by atoms with E-state index < -0.39 is 23.8 Å². The maximum absolute atomic E-state index is 12.2. The average Bonchev–Trinajstić information content (AvgIpc) is 2.95. The third kappa shape index (κ3) is 15.3. The van der Waals surface area contributed by atoms with Crippen LogP contribution in [0.25, 0.3) is 0 Å². The fourth-order valence-electron chi connectivity index (χ4n) is 4.37. The number of allylic oxidation sites excluding steroid dienone is 2. The summed E-state index contributed by atoms with van der Waals surface area (Å²) in [5.74, 6) is -3.87. The molecule has 0 saturated carbocycles. The van der Waals surface area contributed by atoms with Gasteiger partial charge in [-0.05, 0) is 51.0 Å². The number of carbonyl (C=O) groups is 3. The molecule has 0 spiro atoms. The van der Waals surface area contributed by atoms with Crippen molar-refractivity contribution in [2.45, 2.75) is 97.0 Å². The second-order valence-electron chi connectivity index (χ2n) is 9.81. The molecule has 0 radical (unpaired) electrons. The summed E-state index contributed by atoms with van der Waals surface area (Å²) in [7, 11) is 2.38. The van der Waals surface area contributed by atoms with Crippen LogP contribution in [-0.4, -0.2) is 43.8 Å². The van der Waals surface area contributed by atoms with E-state index >= 15 is 0 Å². The lowest BCUT2D eigenvalue weighted by atomic mass is 9.92. The number of ether oxygens (including phenoxy) is 3. The molecule has 7 nitrogen and oxygen atoms in total. The van der Waals surface area contributed by atoms with Crippen LogP contribution in [0.2, 0.25) is 0 Å². The van der Waals surface area contributed by atoms with Gasteiger partial charge in [0, 0.05) is 12.2 Å². The molecule has 39 heavy (non-hydrogen) atoms. The summed E-state index contributed by atoms with van der Waals surface area (Å²) in [6.07, 6.45) is 18.0. The van der Waals surface area contributed by atoms with Crippen molar-refractivity contribution >= 4 is 17.9 Å². The van der Waals surface area contributed by atoms with Gasteiger partial charge in [0.05, 0.1) is 32.3 Å². The average molecular weight is 545 g/mol. The van der Waals surface area contributed by atoms with Crippen molar-refractivity contribution in [2.24, 2.45) is 5.92 Å². The summed E-state index contributed by atoms with van der Waals surface area (Å²) in [5.41, 5.74) is 1.16. The van der Waals surface area contributed by atoms with Gasteiger partial charge in [-0.2, -0.15) is 0 Å². The summed E-state index contributed by atoms with van der Waals surface area (Å²) in [6.45, 7) is 2.90. The molecule has 1 atom stereocenters. The van der Waals surface area contributed by atoms with Crippen molar-refractivity contribution in [2.75, 3.05) is 20.8 Å². The lowest BCUT2D eigenvalue weighted by molar-refractivity contribution is -0.145. The third-order valence-electron chi connectivity index (χ3n) is 6.70. The minimum absolute atomic E-state index is 0.0732. The molecule has 0 amide bonds. The molecule has 0 heterocycles. The van der Waals surface area contributed by atoms with E-state index in [9.17, 15) is 19.5 Å². The summed E-state index contributed by atoms with van der Waals surface area (Å²) in [6, 6.07) is 10.3. The van der Waals surface area contributed by atoms with Gasteiger partial charge >= 0.3 is 17.9 Å². The molecule has 7 heteroatoms. The normalized spacial score (nSPS) is 12.7. The highest BCUT2D eigenvalue weighted by Crippen LogP contribution is 2.23. The number of carboxylic acids is 1. The third-order valence-corrected chi connectivity index (χ3v) is 6.70. The molecule has 0 aliphatic carbocycles. The second-order valence-corrected chi connectivity index (χ2v) is 9.81. The number of esters is 2. The Morgan fingerprint density at radius 3 is 1.87 bits per heavy atom. The van der Waals surface area contributed by atoms with Crippen LogP contribution in [0.5, 0.6) is 0 Å². The van der Waals surface area contributed by atoms with Gasteiger partial charge in [0.15, 0.2) is 0 Å². The van der Waals surface area contributed by atoms with Crippen LogP contribution in [0.1, 0.15) is 96.0 Å². The highest BCUT2D eigenvalue weighted by Gasteiger charge is 2.30. The summed E-state index contributed by atoms with van der Waals surface area (Å²) in [5, 5.41) is 9.34. The monoisotopic (exact) mass is 544 g/mol. The Morgan fingerprint density at radius 2 is 1.31 bits per heavy atom. The van der Waals surface area contributed by atoms with Crippen LogP contribution in [0, 0.1) is 5.92 Å². The SMILES string of the molecule is COC(=O)C(CCCC=CCCCCCCCCCCCOCc1ccccc1)=C(C(=O)OC)C(C)C(=O)O. The van der Waals surface area contributed by atoms with Crippen molar-refractivity contribution in [1.82, 2.24) is 0 Å². The van der Waals surface area contributed by atoms with Gasteiger partial charge in [0.25, 0.3) is 0 Å². The molecule has 0 bridgehead atoms. The van der Waals surface area contributed by atoms with E-state index in [1.807, 2.05) is 18.2 Å². The first-order chi connectivity index (χ1) is 18.9. The Kier molecular flexibility index (Phi) is 19.2. The first-order valence-electron chi connectivity index (χ1n) is 14.3. The van der Waals surface area contributed by atoms with E-state index in [4.69, 9.17) is 14.2 Å². The molecule has 218 valence electrons. The lowest BCUT2D eigenvalue weighted by Crippen LogP contribution is -2.24. The Hall–Kier alpha value is -2.93. The second kappa shape index (κ2) is 21.9. The van der Waals surface area contributed by atoms with E-state index in [0.29, 0.717) is 13.0 Å². The number of methoxy groups -OCH3 is 2. The zero-order valence-electron chi connectivity index (χ0n) is 24.1. The molecular formula is C32H48O7. The maximum atomic E-state index is 12.2. The van der Waals surface area contributed by atoms with Crippen LogP contribution >= 0.6 is 0 Å². The zero-order valence-corrected chi connectivity index (χ0v) is 24.1. The van der Waals surface area contributed by atoms with E-state index in [1.54, 1.807) is 0 Å². The van der Waals surface area contributed by atoms with Gasteiger partial charge < -0.3 is 19.3 Å². The number of hydrogen-bond acceptors (Lipinski definition) is 6. The first kappa shape index (κ1) is 34.1. The smallest absolute Gasteiger partial charge is 0.335 e. The van der Waals surface area contributed by atoms with E-state index in [1.165, 1.54) is 71.7 Å². The van der Waals surface area contributed by atoms with Crippen LogP contribution in [0.15, 0.2) is 53.6 Å². The maximum Gasteiger partial charge on any atom is 0.335 e. The number of benzene rings is 1. The molecule has 1 aromatic rings. The van der Waals surface area contributed by atoms with Crippen LogP contribution in [0.3, 0.4) is 0 Å². The fourth-order valence-corrected chi connectivity index (χ4v) is 4.37. The molecular weight excluding hydrogens is 496 g/mol. The molecule has 0 aliphatic heterocycles. The predicted octanol–water partition coefficient (Wildman–Crippen LogP) is 7.19. The quantitative estimate of drug-likeness (QED) is 0.0713. The summed E-state index contributed by atoms with van der Waals surface area (Å²) in [4.78, 5) is 35.9. The number of rotatable bonds is 22. The number of carbonyl (C=O) groups excluding carboxylic acids is 2. The van der Waals surface area contributed by atoms with Crippen LogP contribution < -0.4 is 0 Å². The van der Waals surface area contributed by atoms with Crippen LogP contribution in [-0.2, 0) is 35.2 Å². The molecule has 0 aliphatic rings. The van der Waals surface area contributed by atoms with E-state index in [-0.39, 0.29) is 17.6 Å². The lowest BCUT2D eigenvalue weighted by Gasteiger charge is -2.15. The molecule has 1 aromatic carbocycles. The van der Waals surface area contributed by atoms with Gasteiger partial charge in [-0.1, -0.05) is 87.4 Å². The number of aliphatic carboxylic acids is 1. The topological polar surface area (TPSA) is 99.1 Å². The zero-order chi connectivity index (χ0) is 28.7. The Bertz CT molecular complexity index is 889. The van der Waals surface area contributed by atoms with Crippen molar-refractivity contribution < 1.29 is 33.7 Å². The number of hydrogen-bond donors (Lipinski definition) is 1. The summed E-state index contributed by atoms with van der Waals surface area (Å²) >= 11 is 0. The van der Waals surface area contributed by atoms with Gasteiger partial charge in [0.2, 0.25) is 0 Å². The molecule has 1 N–H and O–H groups in total. The first-order valence-corrected chi connectivity index (χ1v) is 14.3. The van der Waals surface area contributed by atoms with Gasteiger partial charge in [-0.25, -0.2) is 9.59 Å². The summed E-state index contributed by atoms with van der Waals surface area (Å²) < 4.78 is 15.3. The van der Waals surface area contributed by atoms with E-state index in [2.05, 4.69) is 24.3 Å². The Morgan fingerprint density at radius 1 is 0.769 bits per heavy atom. The molecule has 0 fully saturated rings. The Balaban J connectivity index is 2.11. The van der Waals surface area contributed by atoms with Gasteiger partial charge in [-0.3, -0.25) is 4.79 Å². The Labute approximate surface area is 234 Å². The highest BCUT2D eigenvalue weighted by atomic mass is 16.5. The molecule has 0 saturated heterocycles. The number of carboxylic acid groups (broad SMARTS) is 1. The van der Waals surface area contributed by atoms with Crippen molar-refractivity contribution in [3.05, 3.63) is 59.2 Å². The fraction of sp³-hybridized carbons (Fsp3) is 0.594. The predicted molar refractivity (Wildman–Crippen MR) is 153 cm³/mol. The minimum atomic E-state index is -1.20. The van der Waals surface area contributed by atoms with Crippen molar-refractivity contribution in [1.29, 1.82) is 0 Å². The molecule has 1 unspecified atom stereocenters. The standard InChI is InChI=1S/C32H48O7/c1-26(30(33)34)29(32(36)38-3)28(31(35)37-2)23-19-14-12-10-8-6-4-5-7-9-11-13-15-20-24-39-25-27-21-17-16-18-22-27/h10,12,16-18,21-22,26H,4-9,11,13-15,19-20,23-25H2,1-3H3,(H,33,34). The largest absolute Gasteiger partial charge is 0.481 e. The van der Waals surface area contributed by atoms with E-state index in [0.717, 1.165) is 32.3 Å². The highest BCUT2D eigenvalue weighted by molar-refractivity contribution is 6.03. The van der Waals surface area contributed by atoms with Crippen LogP contribution in [0.4, 0.5) is 0 Å². The molecule has 1 rings (SSSR count).